The molecule has 0 atom stereocenters. The van der Waals surface area contributed by atoms with Gasteiger partial charge in [-0.25, -0.2) is 0 Å². The smallest absolute Gasteiger partial charge is 0.175 e. The summed E-state index contributed by atoms with van der Waals surface area (Å²) in [6.45, 7) is 6.34. The maximum absolute atomic E-state index is 10.9. The molecule has 0 unspecified atom stereocenters. The van der Waals surface area contributed by atoms with E-state index in [1.165, 1.54) is 0 Å². The lowest BCUT2D eigenvalue weighted by Gasteiger charge is -2.26. The van der Waals surface area contributed by atoms with Crippen molar-refractivity contribution in [3.05, 3.63) is 22.2 Å². The van der Waals surface area contributed by atoms with Crippen molar-refractivity contribution in [2.45, 2.75) is 39.2 Å². The van der Waals surface area contributed by atoms with Crippen LogP contribution in [0.25, 0.3) is 0 Å². The van der Waals surface area contributed by atoms with Gasteiger partial charge in [0, 0.05) is 5.56 Å². The Balaban J connectivity index is 3.01. The molecule has 0 aliphatic rings. The van der Waals surface area contributed by atoms with E-state index in [1.54, 1.807) is 12.1 Å². The molecule has 1 aromatic carbocycles. The first kappa shape index (κ1) is 17.0. The molecule has 0 spiro atoms. The van der Waals surface area contributed by atoms with Gasteiger partial charge >= 0.3 is 0 Å². The van der Waals surface area contributed by atoms with E-state index < -0.39 is 5.60 Å². The van der Waals surface area contributed by atoms with Gasteiger partial charge in [0.05, 0.1) is 16.7 Å². The molecule has 0 aliphatic heterocycles. The first-order valence-corrected chi connectivity index (χ1v) is 7.55. The number of rotatable bonds is 8. The second-order valence-electron chi connectivity index (χ2n) is 4.60. The van der Waals surface area contributed by atoms with Gasteiger partial charge in [-0.1, -0.05) is 13.8 Å². The van der Waals surface area contributed by atoms with Gasteiger partial charge in [-0.2, -0.15) is 0 Å². The lowest BCUT2D eigenvalue weighted by molar-refractivity contribution is -0.0122. The highest BCUT2D eigenvalue weighted by atomic mass is 79.9. The molecule has 0 saturated heterocycles. The molecule has 0 amide bonds. The number of hydrogen-bond donors (Lipinski definition) is 1. The third kappa shape index (κ3) is 4.21. The average molecular weight is 345 g/mol. The number of benzene rings is 1. The van der Waals surface area contributed by atoms with Crippen molar-refractivity contribution in [3.63, 3.8) is 0 Å². The summed E-state index contributed by atoms with van der Waals surface area (Å²) >= 11 is 3.37. The van der Waals surface area contributed by atoms with Crippen LogP contribution in [0.2, 0.25) is 0 Å². The summed E-state index contributed by atoms with van der Waals surface area (Å²) < 4.78 is 11.9. The Morgan fingerprint density at radius 2 is 1.90 bits per heavy atom. The number of carbonyl (C=O) groups is 1. The second kappa shape index (κ2) is 7.64. The average Bonchev–Trinajstić information content (AvgIpc) is 2.46. The SMILES string of the molecule is CCOc1cc(C=O)cc(Br)c1OCC(O)(CC)CC. The molecule has 112 valence electrons. The molecule has 20 heavy (non-hydrogen) atoms. The summed E-state index contributed by atoms with van der Waals surface area (Å²) in [5.74, 6) is 1.01. The van der Waals surface area contributed by atoms with E-state index in [0.717, 1.165) is 6.29 Å². The van der Waals surface area contributed by atoms with Gasteiger partial charge < -0.3 is 14.6 Å². The summed E-state index contributed by atoms with van der Waals surface area (Å²) in [6.07, 6.45) is 1.97. The van der Waals surface area contributed by atoms with Crippen LogP contribution < -0.4 is 9.47 Å². The zero-order valence-electron chi connectivity index (χ0n) is 12.1. The standard InChI is InChI=1S/C15H21BrO4/c1-4-15(18,5-2)10-20-14-12(16)7-11(9-17)8-13(14)19-6-3/h7-9,18H,4-6,10H2,1-3H3. The number of ether oxygens (including phenoxy) is 2. The Morgan fingerprint density at radius 3 is 2.40 bits per heavy atom. The first-order valence-electron chi connectivity index (χ1n) is 6.76. The molecule has 0 fully saturated rings. The minimum Gasteiger partial charge on any atom is -0.490 e. The Labute approximate surface area is 128 Å². The predicted octanol–water partition coefficient (Wildman–Crippen LogP) is 3.59. The van der Waals surface area contributed by atoms with Crippen molar-refractivity contribution in [1.82, 2.24) is 0 Å². The lowest BCUT2D eigenvalue weighted by atomic mass is 9.99. The number of halogens is 1. The van der Waals surface area contributed by atoms with Crippen LogP contribution >= 0.6 is 15.9 Å². The number of carbonyl (C=O) groups excluding carboxylic acids is 1. The van der Waals surface area contributed by atoms with Crippen LogP contribution in [-0.4, -0.2) is 30.2 Å². The predicted molar refractivity (Wildman–Crippen MR) is 81.7 cm³/mol. The van der Waals surface area contributed by atoms with E-state index in [2.05, 4.69) is 15.9 Å². The van der Waals surface area contributed by atoms with Crippen molar-refractivity contribution in [2.75, 3.05) is 13.2 Å². The molecule has 0 aliphatic carbocycles. The Kier molecular flexibility index (Phi) is 6.49. The van der Waals surface area contributed by atoms with Gasteiger partial charge in [-0.15, -0.1) is 0 Å². The number of aliphatic hydroxyl groups is 1. The van der Waals surface area contributed by atoms with Gasteiger partial charge in [0.1, 0.15) is 12.9 Å². The van der Waals surface area contributed by atoms with Gasteiger partial charge in [0.2, 0.25) is 0 Å². The highest BCUT2D eigenvalue weighted by Gasteiger charge is 2.24. The van der Waals surface area contributed by atoms with E-state index in [0.29, 0.717) is 41.0 Å². The Hall–Kier alpha value is -1.07. The van der Waals surface area contributed by atoms with Crippen LogP contribution in [0, 0.1) is 0 Å². The number of hydrogen-bond acceptors (Lipinski definition) is 4. The van der Waals surface area contributed by atoms with Gasteiger partial charge in [-0.3, -0.25) is 4.79 Å². The molecule has 1 rings (SSSR count). The molecule has 0 radical (unpaired) electrons. The fourth-order valence-electron chi connectivity index (χ4n) is 1.72. The zero-order valence-corrected chi connectivity index (χ0v) is 13.7. The van der Waals surface area contributed by atoms with Crippen molar-refractivity contribution in [1.29, 1.82) is 0 Å². The molecule has 1 aromatic rings. The van der Waals surface area contributed by atoms with E-state index >= 15 is 0 Å². The fraction of sp³-hybridized carbons (Fsp3) is 0.533. The Bertz CT molecular complexity index is 455. The molecule has 0 heterocycles. The van der Waals surface area contributed by atoms with Crippen molar-refractivity contribution >= 4 is 22.2 Å². The maximum atomic E-state index is 10.9. The Morgan fingerprint density at radius 1 is 1.25 bits per heavy atom. The van der Waals surface area contributed by atoms with Gasteiger partial charge in [-0.05, 0) is 47.8 Å². The highest BCUT2D eigenvalue weighted by Crippen LogP contribution is 2.37. The normalized spacial score (nSPS) is 11.2. The first-order chi connectivity index (χ1) is 9.49. The van der Waals surface area contributed by atoms with Crippen LogP contribution in [0.1, 0.15) is 44.0 Å². The van der Waals surface area contributed by atoms with Crippen LogP contribution in [0.15, 0.2) is 16.6 Å². The topological polar surface area (TPSA) is 55.8 Å². The quantitative estimate of drug-likeness (QED) is 0.732. The minimum absolute atomic E-state index is 0.180. The number of aldehydes is 1. The molecule has 0 saturated carbocycles. The third-order valence-electron chi connectivity index (χ3n) is 3.27. The molecule has 0 aromatic heterocycles. The molecular formula is C15H21BrO4. The molecule has 5 heteroatoms. The summed E-state index contributed by atoms with van der Waals surface area (Å²) in [5.41, 5.74) is -0.347. The monoisotopic (exact) mass is 344 g/mol. The van der Waals surface area contributed by atoms with Crippen LogP contribution in [0.4, 0.5) is 0 Å². The van der Waals surface area contributed by atoms with Crippen LogP contribution in [0.3, 0.4) is 0 Å². The molecule has 4 nitrogen and oxygen atoms in total. The van der Waals surface area contributed by atoms with E-state index in [9.17, 15) is 9.90 Å². The van der Waals surface area contributed by atoms with E-state index in [1.807, 2.05) is 20.8 Å². The van der Waals surface area contributed by atoms with E-state index in [4.69, 9.17) is 9.47 Å². The highest BCUT2D eigenvalue weighted by molar-refractivity contribution is 9.10. The van der Waals surface area contributed by atoms with Crippen LogP contribution in [-0.2, 0) is 0 Å². The van der Waals surface area contributed by atoms with E-state index in [-0.39, 0.29) is 6.61 Å². The summed E-state index contributed by atoms with van der Waals surface area (Å²) in [4.78, 5) is 10.9. The molecule has 1 N–H and O–H groups in total. The van der Waals surface area contributed by atoms with Gasteiger partial charge in [0.25, 0.3) is 0 Å². The van der Waals surface area contributed by atoms with Crippen LogP contribution in [0.5, 0.6) is 11.5 Å². The third-order valence-corrected chi connectivity index (χ3v) is 3.86. The van der Waals surface area contributed by atoms with Crippen molar-refractivity contribution in [3.8, 4) is 11.5 Å². The largest absolute Gasteiger partial charge is 0.490 e. The van der Waals surface area contributed by atoms with Gasteiger partial charge in [0.15, 0.2) is 11.5 Å². The molecular weight excluding hydrogens is 324 g/mol. The van der Waals surface area contributed by atoms with Crippen molar-refractivity contribution in [2.24, 2.45) is 0 Å². The summed E-state index contributed by atoms with van der Waals surface area (Å²) in [5, 5.41) is 10.3. The zero-order chi connectivity index (χ0) is 15.2. The maximum Gasteiger partial charge on any atom is 0.175 e. The van der Waals surface area contributed by atoms with Crippen molar-refractivity contribution < 1.29 is 19.4 Å². The summed E-state index contributed by atoms with van der Waals surface area (Å²) in [6, 6.07) is 3.30. The minimum atomic E-state index is -0.855. The lowest BCUT2D eigenvalue weighted by Crippen LogP contribution is -2.34. The summed E-state index contributed by atoms with van der Waals surface area (Å²) in [7, 11) is 0. The molecule has 0 bridgehead atoms. The second-order valence-corrected chi connectivity index (χ2v) is 5.46. The fourth-order valence-corrected chi connectivity index (χ4v) is 2.29.